The Morgan fingerprint density at radius 2 is 1.55 bits per heavy atom. The van der Waals surface area contributed by atoms with Gasteiger partial charge >= 0.3 is 0 Å². The van der Waals surface area contributed by atoms with E-state index in [4.69, 9.17) is 0 Å². The predicted octanol–water partition coefficient (Wildman–Crippen LogP) is 6.88. The molecule has 0 heterocycles. The van der Waals surface area contributed by atoms with Crippen LogP contribution in [-0.2, 0) is 0 Å². The average Bonchev–Trinajstić information content (AvgIpc) is 2.50. The van der Waals surface area contributed by atoms with Gasteiger partial charge in [0.25, 0.3) is 0 Å². The number of rotatable bonds is 12. The minimum atomic E-state index is 0.775. The van der Waals surface area contributed by atoms with Crippen molar-refractivity contribution < 1.29 is 0 Å². The van der Waals surface area contributed by atoms with Gasteiger partial charge in [-0.05, 0) is 37.2 Å². The van der Waals surface area contributed by atoms with E-state index in [1.54, 1.807) is 5.56 Å². The van der Waals surface area contributed by atoms with Crippen LogP contribution in [0.1, 0.15) is 82.6 Å². The minimum absolute atomic E-state index is 0.775. The zero-order valence-corrected chi connectivity index (χ0v) is 13.3. The van der Waals surface area contributed by atoms with Crippen molar-refractivity contribution in [3.63, 3.8) is 0 Å². The van der Waals surface area contributed by atoms with Gasteiger partial charge in [-0.3, -0.25) is 0 Å². The fourth-order valence-electron chi connectivity index (χ4n) is 2.88. The maximum Gasteiger partial charge on any atom is -0.0162 e. The van der Waals surface area contributed by atoms with E-state index in [1.807, 2.05) is 6.08 Å². The highest BCUT2D eigenvalue weighted by Gasteiger charge is 2.10. The van der Waals surface area contributed by atoms with Crippen molar-refractivity contribution in [1.29, 1.82) is 0 Å². The smallest absolute Gasteiger partial charge is 0.0162 e. The van der Waals surface area contributed by atoms with Gasteiger partial charge in [0.2, 0.25) is 0 Å². The van der Waals surface area contributed by atoms with Gasteiger partial charge in [0, 0.05) is 0 Å². The van der Waals surface area contributed by atoms with Gasteiger partial charge in [-0.15, -0.1) is 6.58 Å². The molecule has 0 saturated heterocycles. The van der Waals surface area contributed by atoms with E-state index in [0.29, 0.717) is 0 Å². The highest BCUT2D eigenvalue weighted by molar-refractivity contribution is 5.19. The van der Waals surface area contributed by atoms with Crippen LogP contribution >= 0.6 is 0 Å². The van der Waals surface area contributed by atoms with Crippen molar-refractivity contribution >= 4 is 0 Å². The molecule has 1 aromatic rings. The molecule has 0 radical (unpaired) electrons. The summed E-state index contributed by atoms with van der Waals surface area (Å²) < 4.78 is 0. The van der Waals surface area contributed by atoms with Gasteiger partial charge in [-0.25, -0.2) is 0 Å². The lowest BCUT2D eigenvalue weighted by molar-refractivity contribution is 0.498. The predicted molar refractivity (Wildman–Crippen MR) is 91.2 cm³/mol. The summed E-state index contributed by atoms with van der Waals surface area (Å²) in [6.07, 6.45) is 15.5. The average molecular weight is 272 g/mol. The fourth-order valence-corrected chi connectivity index (χ4v) is 2.88. The fraction of sp³-hybridized carbons (Fsp3) is 0.600. The molecule has 0 amide bonds. The SMILES string of the molecule is C=CCCCCCC(CCCCCC)c1ccccc1. The second-order valence-electron chi connectivity index (χ2n) is 5.88. The van der Waals surface area contributed by atoms with E-state index in [0.717, 1.165) is 5.92 Å². The van der Waals surface area contributed by atoms with Crippen LogP contribution in [0.5, 0.6) is 0 Å². The molecule has 0 fully saturated rings. The largest absolute Gasteiger partial charge is 0.103 e. The topological polar surface area (TPSA) is 0 Å². The third kappa shape index (κ3) is 7.53. The molecule has 1 atom stereocenters. The van der Waals surface area contributed by atoms with Crippen LogP contribution in [0.2, 0.25) is 0 Å². The monoisotopic (exact) mass is 272 g/mol. The zero-order valence-electron chi connectivity index (χ0n) is 13.3. The van der Waals surface area contributed by atoms with Crippen molar-refractivity contribution in [2.24, 2.45) is 0 Å². The first-order valence-electron chi connectivity index (χ1n) is 8.54. The van der Waals surface area contributed by atoms with E-state index in [1.165, 1.54) is 64.2 Å². The van der Waals surface area contributed by atoms with Crippen LogP contribution in [0.25, 0.3) is 0 Å². The second-order valence-corrected chi connectivity index (χ2v) is 5.88. The molecule has 0 spiro atoms. The van der Waals surface area contributed by atoms with Crippen LogP contribution in [0.3, 0.4) is 0 Å². The number of allylic oxidation sites excluding steroid dienone is 1. The van der Waals surface area contributed by atoms with E-state index in [2.05, 4.69) is 43.8 Å². The molecule has 0 aliphatic carbocycles. The molecule has 0 aromatic heterocycles. The number of hydrogen-bond donors (Lipinski definition) is 0. The van der Waals surface area contributed by atoms with Gasteiger partial charge in [-0.2, -0.15) is 0 Å². The summed E-state index contributed by atoms with van der Waals surface area (Å²) in [5, 5.41) is 0. The van der Waals surface area contributed by atoms with E-state index in [9.17, 15) is 0 Å². The molecular weight excluding hydrogens is 240 g/mol. The molecule has 1 unspecified atom stereocenters. The molecule has 112 valence electrons. The molecule has 20 heavy (non-hydrogen) atoms. The molecule has 1 rings (SSSR count). The standard InChI is InChI=1S/C20H32/c1-3-5-7-9-12-16-19(15-11-8-6-4-2)20-17-13-10-14-18-20/h3,10,13-14,17-19H,1,4-9,11-12,15-16H2,2H3. The maximum absolute atomic E-state index is 3.80. The summed E-state index contributed by atoms with van der Waals surface area (Å²) in [4.78, 5) is 0. The normalized spacial score (nSPS) is 12.2. The van der Waals surface area contributed by atoms with Crippen molar-refractivity contribution in [3.8, 4) is 0 Å². The first-order chi connectivity index (χ1) is 9.88. The van der Waals surface area contributed by atoms with Crippen molar-refractivity contribution in [2.45, 2.75) is 77.0 Å². The highest BCUT2D eigenvalue weighted by atomic mass is 14.2. The van der Waals surface area contributed by atoms with Crippen molar-refractivity contribution in [1.82, 2.24) is 0 Å². The molecule has 0 N–H and O–H groups in total. The summed E-state index contributed by atoms with van der Waals surface area (Å²) in [6.45, 7) is 6.08. The lowest BCUT2D eigenvalue weighted by atomic mass is 9.88. The van der Waals surface area contributed by atoms with Crippen LogP contribution in [0.15, 0.2) is 43.0 Å². The number of unbranched alkanes of at least 4 members (excludes halogenated alkanes) is 6. The van der Waals surface area contributed by atoms with Gasteiger partial charge in [-0.1, -0.05) is 81.9 Å². The van der Waals surface area contributed by atoms with E-state index < -0.39 is 0 Å². The lowest BCUT2D eigenvalue weighted by Gasteiger charge is -2.17. The van der Waals surface area contributed by atoms with Crippen LogP contribution in [-0.4, -0.2) is 0 Å². The Morgan fingerprint density at radius 3 is 2.15 bits per heavy atom. The highest BCUT2D eigenvalue weighted by Crippen LogP contribution is 2.28. The Labute approximate surface area is 126 Å². The van der Waals surface area contributed by atoms with Gasteiger partial charge < -0.3 is 0 Å². The maximum atomic E-state index is 3.80. The summed E-state index contributed by atoms with van der Waals surface area (Å²) in [6, 6.07) is 11.1. The Kier molecular flexibility index (Phi) is 10.0. The Bertz CT molecular complexity index is 325. The Hall–Kier alpha value is -1.04. The minimum Gasteiger partial charge on any atom is -0.103 e. The van der Waals surface area contributed by atoms with Crippen molar-refractivity contribution in [2.75, 3.05) is 0 Å². The Balaban J connectivity index is 2.36. The summed E-state index contributed by atoms with van der Waals surface area (Å²) in [5.41, 5.74) is 1.55. The molecular formula is C20H32. The lowest BCUT2D eigenvalue weighted by Crippen LogP contribution is -1.99. The summed E-state index contributed by atoms with van der Waals surface area (Å²) in [7, 11) is 0. The third-order valence-electron chi connectivity index (χ3n) is 4.14. The van der Waals surface area contributed by atoms with Crippen LogP contribution in [0.4, 0.5) is 0 Å². The molecule has 0 saturated carbocycles. The molecule has 0 aliphatic rings. The second kappa shape index (κ2) is 11.8. The molecule has 0 aliphatic heterocycles. The summed E-state index contributed by atoms with van der Waals surface area (Å²) in [5.74, 6) is 0.775. The molecule has 1 aromatic carbocycles. The third-order valence-corrected chi connectivity index (χ3v) is 4.14. The van der Waals surface area contributed by atoms with Crippen LogP contribution in [0, 0.1) is 0 Å². The van der Waals surface area contributed by atoms with E-state index >= 15 is 0 Å². The number of hydrogen-bond acceptors (Lipinski definition) is 0. The molecule has 0 nitrogen and oxygen atoms in total. The Morgan fingerprint density at radius 1 is 0.900 bits per heavy atom. The zero-order chi connectivity index (χ0) is 14.5. The molecule has 0 bridgehead atoms. The molecule has 0 heteroatoms. The van der Waals surface area contributed by atoms with Gasteiger partial charge in [0.15, 0.2) is 0 Å². The van der Waals surface area contributed by atoms with E-state index in [-0.39, 0.29) is 0 Å². The first-order valence-corrected chi connectivity index (χ1v) is 8.54. The van der Waals surface area contributed by atoms with Crippen LogP contribution < -0.4 is 0 Å². The number of benzene rings is 1. The van der Waals surface area contributed by atoms with Crippen molar-refractivity contribution in [3.05, 3.63) is 48.6 Å². The first kappa shape index (κ1) is 17.0. The summed E-state index contributed by atoms with van der Waals surface area (Å²) >= 11 is 0. The quantitative estimate of drug-likeness (QED) is 0.287. The van der Waals surface area contributed by atoms with Gasteiger partial charge in [0.1, 0.15) is 0 Å². The van der Waals surface area contributed by atoms with Gasteiger partial charge in [0.05, 0.1) is 0 Å².